The zero-order chi connectivity index (χ0) is 12.3. The van der Waals surface area contributed by atoms with Crippen molar-refractivity contribution in [3.05, 3.63) is 35.4 Å². The van der Waals surface area contributed by atoms with Crippen LogP contribution in [0.25, 0.3) is 0 Å². The molecule has 17 heavy (non-hydrogen) atoms. The molecule has 1 aromatic rings. The molecule has 1 heteroatoms. The van der Waals surface area contributed by atoms with Gasteiger partial charge in [-0.3, -0.25) is 0 Å². The number of benzene rings is 1. The Hall–Kier alpha value is -0.820. The molecule has 0 spiro atoms. The van der Waals surface area contributed by atoms with E-state index < -0.39 is 0 Å². The van der Waals surface area contributed by atoms with Gasteiger partial charge in [0.25, 0.3) is 0 Å². The lowest BCUT2D eigenvalue weighted by Gasteiger charge is -2.32. The van der Waals surface area contributed by atoms with Gasteiger partial charge < -0.3 is 5.32 Å². The lowest BCUT2D eigenvalue weighted by molar-refractivity contribution is 0.301. The van der Waals surface area contributed by atoms with Crippen molar-refractivity contribution in [3.63, 3.8) is 0 Å². The molecule has 0 saturated carbocycles. The Morgan fingerprint density at radius 2 is 2.18 bits per heavy atom. The molecule has 1 atom stereocenters. The highest BCUT2D eigenvalue weighted by molar-refractivity contribution is 5.24. The zero-order valence-electron chi connectivity index (χ0n) is 11.4. The first-order valence-electron chi connectivity index (χ1n) is 6.90. The van der Waals surface area contributed by atoms with Gasteiger partial charge in [-0.25, -0.2) is 0 Å². The molecule has 0 aliphatic carbocycles. The molecule has 1 fully saturated rings. The lowest BCUT2D eigenvalue weighted by Crippen LogP contribution is -2.43. The van der Waals surface area contributed by atoms with Gasteiger partial charge in [-0.1, -0.05) is 43.7 Å². The van der Waals surface area contributed by atoms with E-state index in [0.717, 1.165) is 5.92 Å². The van der Waals surface area contributed by atoms with Crippen molar-refractivity contribution in [1.29, 1.82) is 0 Å². The predicted octanol–water partition coefficient (Wildman–Crippen LogP) is 3.71. The van der Waals surface area contributed by atoms with E-state index in [2.05, 4.69) is 50.4 Å². The van der Waals surface area contributed by atoms with Gasteiger partial charge in [-0.05, 0) is 50.6 Å². The fourth-order valence-corrected chi connectivity index (χ4v) is 3.26. The Labute approximate surface area is 106 Å². The second-order valence-corrected chi connectivity index (χ2v) is 6.07. The Morgan fingerprint density at radius 3 is 2.76 bits per heavy atom. The van der Waals surface area contributed by atoms with Crippen molar-refractivity contribution in [2.45, 2.75) is 52.0 Å². The van der Waals surface area contributed by atoms with Crippen LogP contribution in [0.15, 0.2) is 24.3 Å². The van der Waals surface area contributed by atoms with Crippen LogP contribution < -0.4 is 5.32 Å². The quantitative estimate of drug-likeness (QED) is 0.833. The number of nitrogens with one attached hydrogen (secondary N) is 1. The summed E-state index contributed by atoms with van der Waals surface area (Å²) in [6.45, 7) is 8.04. The fourth-order valence-electron chi connectivity index (χ4n) is 3.26. The Morgan fingerprint density at radius 1 is 1.35 bits per heavy atom. The largest absolute Gasteiger partial charge is 0.311 e. The van der Waals surface area contributed by atoms with E-state index in [9.17, 15) is 0 Å². The van der Waals surface area contributed by atoms with Crippen LogP contribution in [-0.4, -0.2) is 12.1 Å². The second kappa shape index (κ2) is 5.22. The van der Waals surface area contributed by atoms with Crippen molar-refractivity contribution in [3.8, 4) is 0 Å². The SMILES string of the molecule is Cc1cccc(CC2(CC(C)C)CCCN2)c1. The molecular formula is C16H25N. The molecule has 1 nitrogen and oxygen atoms in total. The molecule has 0 radical (unpaired) electrons. The minimum absolute atomic E-state index is 0.363. The van der Waals surface area contributed by atoms with E-state index in [0.29, 0.717) is 5.54 Å². The van der Waals surface area contributed by atoms with Gasteiger partial charge in [-0.15, -0.1) is 0 Å². The average Bonchev–Trinajstić information content (AvgIpc) is 2.65. The smallest absolute Gasteiger partial charge is 0.0224 e. The fraction of sp³-hybridized carbons (Fsp3) is 0.625. The Kier molecular flexibility index (Phi) is 3.88. The summed E-state index contributed by atoms with van der Waals surface area (Å²) in [7, 11) is 0. The minimum atomic E-state index is 0.363. The molecule has 1 aliphatic rings. The van der Waals surface area contributed by atoms with Crippen LogP contribution in [0.4, 0.5) is 0 Å². The van der Waals surface area contributed by atoms with Gasteiger partial charge in [0.2, 0.25) is 0 Å². The molecule has 0 bridgehead atoms. The Balaban J connectivity index is 2.12. The first kappa shape index (κ1) is 12.6. The maximum Gasteiger partial charge on any atom is 0.0224 e. The van der Waals surface area contributed by atoms with Crippen LogP contribution in [0, 0.1) is 12.8 Å². The summed E-state index contributed by atoms with van der Waals surface area (Å²) in [6, 6.07) is 8.97. The maximum atomic E-state index is 3.77. The third-order valence-electron chi connectivity index (χ3n) is 3.76. The normalized spacial score (nSPS) is 24.5. The summed E-state index contributed by atoms with van der Waals surface area (Å²) >= 11 is 0. The van der Waals surface area contributed by atoms with E-state index in [1.807, 2.05) is 0 Å². The highest BCUT2D eigenvalue weighted by atomic mass is 15.0. The van der Waals surface area contributed by atoms with Gasteiger partial charge in [0.05, 0.1) is 0 Å². The highest BCUT2D eigenvalue weighted by Gasteiger charge is 2.33. The number of rotatable bonds is 4. The predicted molar refractivity (Wildman–Crippen MR) is 74.3 cm³/mol. The number of hydrogen-bond donors (Lipinski definition) is 1. The van der Waals surface area contributed by atoms with Crippen molar-refractivity contribution < 1.29 is 0 Å². The van der Waals surface area contributed by atoms with Crippen molar-refractivity contribution in [2.75, 3.05) is 6.54 Å². The molecular weight excluding hydrogens is 206 g/mol. The van der Waals surface area contributed by atoms with E-state index in [1.54, 1.807) is 0 Å². The Bertz CT molecular complexity index is 362. The third kappa shape index (κ3) is 3.32. The van der Waals surface area contributed by atoms with Gasteiger partial charge in [-0.2, -0.15) is 0 Å². The van der Waals surface area contributed by atoms with Crippen molar-refractivity contribution >= 4 is 0 Å². The van der Waals surface area contributed by atoms with Crippen molar-refractivity contribution in [2.24, 2.45) is 5.92 Å². The molecule has 0 amide bonds. The topological polar surface area (TPSA) is 12.0 Å². The highest BCUT2D eigenvalue weighted by Crippen LogP contribution is 2.30. The molecule has 94 valence electrons. The molecule has 2 rings (SSSR count). The summed E-state index contributed by atoms with van der Waals surface area (Å²) in [6.07, 6.45) is 5.14. The van der Waals surface area contributed by atoms with Crippen LogP contribution in [0.1, 0.15) is 44.2 Å². The average molecular weight is 231 g/mol. The molecule has 1 N–H and O–H groups in total. The second-order valence-electron chi connectivity index (χ2n) is 6.07. The van der Waals surface area contributed by atoms with Crippen LogP contribution in [0.2, 0.25) is 0 Å². The van der Waals surface area contributed by atoms with Gasteiger partial charge in [0, 0.05) is 5.54 Å². The monoisotopic (exact) mass is 231 g/mol. The molecule has 1 heterocycles. The van der Waals surface area contributed by atoms with Gasteiger partial charge in [0.1, 0.15) is 0 Å². The summed E-state index contributed by atoms with van der Waals surface area (Å²) in [4.78, 5) is 0. The molecule has 1 aromatic carbocycles. The third-order valence-corrected chi connectivity index (χ3v) is 3.76. The summed E-state index contributed by atoms with van der Waals surface area (Å²) < 4.78 is 0. The summed E-state index contributed by atoms with van der Waals surface area (Å²) in [5.74, 6) is 0.769. The number of hydrogen-bond acceptors (Lipinski definition) is 1. The maximum absolute atomic E-state index is 3.77. The minimum Gasteiger partial charge on any atom is -0.311 e. The molecule has 1 unspecified atom stereocenters. The van der Waals surface area contributed by atoms with E-state index in [4.69, 9.17) is 0 Å². The number of aryl methyl sites for hydroxylation is 1. The summed E-state index contributed by atoms with van der Waals surface area (Å²) in [5.41, 5.74) is 3.22. The summed E-state index contributed by atoms with van der Waals surface area (Å²) in [5, 5.41) is 3.77. The van der Waals surface area contributed by atoms with Crippen LogP contribution in [-0.2, 0) is 6.42 Å². The first-order valence-corrected chi connectivity index (χ1v) is 6.90. The van der Waals surface area contributed by atoms with Crippen molar-refractivity contribution in [1.82, 2.24) is 5.32 Å². The zero-order valence-corrected chi connectivity index (χ0v) is 11.4. The van der Waals surface area contributed by atoms with Crippen LogP contribution >= 0.6 is 0 Å². The van der Waals surface area contributed by atoms with Crippen LogP contribution in [0.5, 0.6) is 0 Å². The van der Waals surface area contributed by atoms with E-state index >= 15 is 0 Å². The molecule has 0 aromatic heterocycles. The lowest BCUT2D eigenvalue weighted by atomic mass is 9.82. The molecule has 1 saturated heterocycles. The van der Waals surface area contributed by atoms with Crippen LogP contribution in [0.3, 0.4) is 0 Å². The van der Waals surface area contributed by atoms with Gasteiger partial charge >= 0.3 is 0 Å². The standard InChI is InChI=1S/C16H25N/c1-13(2)11-16(8-5-9-17-16)12-15-7-4-6-14(3)10-15/h4,6-7,10,13,17H,5,8-9,11-12H2,1-3H3. The van der Waals surface area contributed by atoms with E-state index in [1.165, 1.54) is 43.4 Å². The molecule has 1 aliphatic heterocycles. The van der Waals surface area contributed by atoms with E-state index in [-0.39, 0.29) is 0 Å². The van der Waals surface area contributed by atoms with Gasteiger partial charge in [0.15, 0.2) is 0 Å². The first-order chi connectivity index (χ1) is 8.10.